The quantitative estimate of drug-likeness (QED) is 0.355. The maximum Gasteiger partial charge on any atom is 0.224 e. The zero-order chi connectivity index (χ0) is 12.5. The predicted octanol–water partition coefficient (Wildman–Crippen LogP) is 1.18. The molecule has 17 heavy (non-hydrogen) atoms. The molecular formula is C11H18N4OS. The van der Waals surface area contributed by atoms with Gasteiger partial charge in [-0.1, -0.05) is 11.8 Å². The first-order chi connectivity index (χ1) is 8.27. The second-order valence-electron chi connectivity index (χ2n) is 3.82. The second kappa shape index (κ2) is 7.96. The predicted molar refractivity (Wildman–Crippen MR) is 69.6 cm³/mol. The van der Waals surface area contributed by atoms with Crippen molar-refractivity contribution in [3.05, 3.63) is 0 Å². The lowest BCUT2D eigenvalue weighted by atomic mass is 10.1. The van der Waals surface area contributed by atoms with Gasteiger partial charge in [0, 0.05) is 19.5 Å². The summed E-state index contributed by atoms with van der Waals surface area (Å²) in [6.45, 7) is 2.21. The Morgan fingerprint density at radius 3 is 2.76 bits per heavy atom. The van der Waals surface area contributed by atoms with E-state index < -0.39 is 0 Å². The minimum Gasteiger partial charge on any atom is -0.343 e. The first-order valence-corrected chi connectivity index (χ1v) is 7.01. The van der Waals surface area contributed by atoms with Crippen molar-refractivity contribution in [1.29, 1.82) is 5.26 Å². The molecule has 1 fully saturated rings. The number of carbonyl (C=O) groups is 1. The smallest absolute Gasteiger partial charge is 0.224 e. The fraction of sp³-hybridized carbons (Fsp3) is 0.727. The van der Waals surface area contributed by atoms with Gasteiger partial charge < -0.3 is 4.90 Å². The van der Waals surface area contributed by atoms with Crippen molar-refractivity contribution in [3.8, 4) is 6.19 Å². The van der Waals surface area contributed by atoms with Crippen LogP contribution in [0.5, 0.6) is 0 Å². The highest BCUT2D eigenvalue weighted by Crippen LogP contribution is 2.09. The van der Waals surface area contributed by atoms with Crippen LogP contribution >= 0.6 is 11.8 Å². The van der Waals surface area contributed by atoms with Crippen molar-refractivity contribution >= 4 is 22.8 Å². The Morgan fingerprint density at radius 1 is 1.47 bits per heavy atom. The van der Waals surface area contributed by atoms with Gasteiger partial charge in [0.2, 0.25) is 5.91 Å². The molecule has 0 radical (unpaired) electrons. The summed E-state index contributed by atoms with van der Waals surface area (Å²) < 4.78 is 0. The standard InChI is InChI=1S/C11H18N4OS/c1-17-11(14-9-12)13-6-5-10(16)15-7-3-2-4-8-15/h2-8H2,1H3,(H,13,14). The normalized spacial score (nSPS) is 16.5. The summed E-state index contributed by atoms with van der Waals surface area (Å²) in [5.41, 5.74) is 0. The van der Waals surface area contributed by atoms with Crippen LogP contribution in [0.4, 0.5) is 0 Å². The lowest BCUT2D eigenvalue weighted by molar-refractivity contribution is -0.131. The number of hydrogen-bond donors (Lipinski definition) is 1. The number of nitrogens with zero attached hydrogens (tertiary/aromatic N) is 3. The number of nitriles is 1. The number of amides is 1. The number of amidine groups is 1. The van der Waals surface area contributed by atoms with Gasteiger partial charge in [0.15, 0.2) is 11.4 Å². The van der Waals surface area contributed by atoms with E-state index in [0.717, 1.165) is 25.9 Å². The Hall–Kier alpha value is -1.22. The van der Waals surface area contributed by atoms with E-state index in [9.17, 15) is 4.79 Å². The van der Waals surface area contributed by atoms with Crippen molar-refractivity contribution in [1.82, 2.24) is 10.2 Å². The van der Waals surface area contributed by atoms with Crippen LogP contribution in [-0.2, 0) is 4.79 Å². The van der Waals surface area contributed by atoms with E-state index in [0.29, 0.717) is 18.1 Å². The van der Waals surface area contributed by atoms with Crippen LogP contribution < -0.4 is 5.32 Å². The van der Waals surface area contributed by atoms with E-state index in [1.54, 1.807) is 0 Å². The molecule has 1 aliphatic rings. The van der Waals surface area contributed by atoms with E-state index in [4.69, 9.17) is 5.26 Å². The molecule has 1 saturated heterocycles. The molecule has 0 aromatic heterocycles. The summed E-state index contributed by atoms with van der Waals surface area (Å²) in [6, 6.07) is 0. The fourth-order valence-corrected chi connectivity index (χ4v) is 2.13. The molecule has 0 bridgehead atoms. The number of nitrogens with one attached hydrogen (secondary N) is 1. The molecule has 0 saturated carbocycles. The third-order valence-corrected chi connectivity index (χ3v) is 3.26. The molecule has 5 nitrogen and oxygen atoms in total. The first kappa shape index (κ1) is 13.8. The Balaban J connectivity index is 2.29. The van der Waals surface area contributed by atoms with E-state index in [-0.39, 0.29) is 5.91 Å². The van der Waals surface area contributed by atoms with E-state index in [1.165, 1.54) is 18.2 Å². The molecule has 0 aromatic rings. The Kier molecular flexibility index (Phi) is 6.48. The maximum absolute atomic E-state index is 11.8. The van der Waals surface area contributed by atoms with Gasteiger partial charge in [0.1, 0.15) is 0 Å². The topological polar surface area (TPSA) is 68.5 Å². The Labute approximate surface area is 106 Å². The summed E-state index contributed by atoms with van der Waals surface area (Å²) in [7, 11) is 0. The fourth-order valence-electron chi connectivity index (χ4n) is 1.76. The number of rotatable bonds is 3. The number of hydrogen-bond acceptors (Lipinski definition) is 4. The minimum atomic E-state index is 0.172. The van der Waals surface area contributed by atoms with Gasteiger partial charge in [-0.05, 0) is 25.5 Å². The monoisotopic (exact) mass is 254 g/mol. The molecule has 1 amide bonds. The number of carbonyl (C=O) groups excluding carboxylic acids is 1. The number of thioether (sulfide) groups is 1. The molecule has 1 aliphatic heterocycles. The molecule has 1 rings (SSSR count). The molecule has 1 heterocycles. The van der Waals surface area contributed by atoms with Crippen molar-refractivity contribution in [2.24, 2.45) is 4.99 Å². The number of aliphatic imine (C=N–C) groups is 1. The Morgan fingerprint density at radius 2 is 2.18 bits per heavy atom. The van der Waals surface area contributed by atoms with Crippen molar-refractivity contribution in [2.75, 3.05) is 25.9 Å². The lowest BCUT2D eigenvalue weighted by Crippen LogP contribution is -2.35. The van der Waals surface area contributed by atoms with Gasteiger partial charge in [-0.3, -0.25) is 15.1 Å². The average Bonchev–Trinajstić information content (AvgIpc) is 2.38. The summed E-state index contributed by atoms with van der Waals surface area (Å²) in [5.74, 6) is 0.172. The molecular weight excluding hydrogens is 236 g/mol. The van der Waals surface area contributed by atoms with Gasteiger partial charge in [-0.25, -0.2) is 0 Å². The Bertz CT molecular complexity index is 318. The summed E-state index contributed by atoms with van der Waals surface area (Å²) in [4.78, 5) is 17.9. The second-order valence-corrected chi connectivity index (χ2v) is 4.61. The van der Waals surface area contributed by atoms with Crippen LogP contribution in [-0.4, -0.2) is 41.9 Å². The van der Waals surface area contributed by atoms with Crippen LogP contribution in [0.1, 0.15) is 25.7 Å². The van der Waals surface area contributed by atoms with Gasteiger partial charge in [0.25, 0.3) is 0 Å². The van der Waals surface area contributed by atoms with Gasteiger partial charge in [0.05, 0.1) is 6.54 Å². The van der Waals surface area contributed by atoms with Crippen molar-refractivity contribution in [3.63, 3.8) is 0 Å². The van der Waals surface area contributed by atoms with Crippen LogP contribution in [0.3, 0.4) is 0 Å². The zero-order valence-electron chi connectivity index (χ0n) is 10.1. The van der Waals surface area contributed by atoms with Gasteiger partial charge in [-0.15, -0.1) is 0 Å². The number of piperidine rings is 1. The molecule has 0 atom stereocenters. The van der Waals surface area contributed by atoms with Gasteiger partial charge >= 0.3 is 0 Å². The summed E-state index contributed by atoms with van der Waals surface area (Å²) in [6.07, 6.45) is 7.55. The highest BCUT2D eigenvalue weighted by molar-refractivity contribution is 8.13. The van der Waals surface area contributed by atoms with E-state index in [1.807, 2.05) is 17.3 Å². The number of likely N-dealkylation sites (tertiary alicyclic amines) is 1. The summed E-state index contributed by atoms with van der Waals surface area (Å²) >= 11 is 1.37. The molecule has 0 spiro atoms. The van der Waals surface area contributed by atoms with Gasteiger partial charge in [-0.2, -0.15) is 5.26 Å². The lowest BCUT2D eigenvalue weighted by Gasteiger charge is -2.26. The van der Waals surface area contributed by atoms with E-state index >= 15 is 0 Å². The first-order valence-electron chi connectivity index (χ1n) is 5.79. The summed E-state index contributed by atoms with van der Waals surface area (Å²) in [5, 5.41) is 11.5. The van der Waals surface area contributed by atoms with Crippen LogP contribution in [0.15, 0.2) is 4.99 Å². The zero-order valence-corrected chi connectivity index (χ0v) is 10.9. The molecule has 0 unspecified atom stereocenters. The highest BCUT2D eigenvalue weighted by atomic mass is 32.2. The van der Waals surface area contributed by atoms with E-state index in [2.05, 4.69) is 10.3 Å². The van der Waals surface area contributed by atoms with Crippen molar-refractivity contribution in [2.45, 2.75) is 25.7 Å². The average molecular weight is 254 g/mol. The molecule has 1 N–H and O–H groups in total. The van der Waals surface area contributed by atoms with Crippen LogP contribution in [0.2, 0.25) is 0 Å². The van der Waals surface area contributed by atoms with Crippen LogP contribution in [0.25, 0.3) is 0 Å². The molecule has 6 heteroatoms. The molecule has 94 valence electrons. The SMILES string of the molecule is CSC(=NCCC(=O)N1CCCCC1)NC#N. The third kappa shape index (κ3) is 5.09. The minimum absolute atomic E-state index is 0.172. The third-order valence-electron chi connectivity index (χ3n) is 2.65. The molecule has 0 aromatic carbocycles. The highest BCUT2D eigenvalue weighted by Gasteiger charge is 2.15. The van der Waals surface area contributed by atoms with Crippen LogP contribution in [0, 0.1) is 11.5 Å². The van der Waals surface area contributed by atoms with Crippen molar-refractivity contribution < 1.29 is 4.79 Å². The maximum atomic E-state index is 11.8. The largest absolute Gasteiger partial charge is 0.343 e. The molecule has 0 aliphatic carbocycles.